The number of nitrogens with zero attached hydrogens (tertiary/aromatic N) is 1. The van der Waals surface area contributed by atoms with Gasteiger partial charge in [-0.3, -0.25) is 14.9 Å². The molecule has 1 aromatic rings. The van der Waals surface area contributed by atoms with E-state index in [1.54, 1.807) is 19.9 Å². The molecule has 0 heterocycles. The second kappa shape index (κ2) is 5.20. The Bertz CT molecular complexity index is 565. The van der Waals surface area contributed by atoms with Crippen LogP contribution in [0.25, 0.3) is 0 Å². The van der Waals surface area contributed by atoms with E-state index in [-0.39, 0.29) is 17.1 Å². The summed E-state index contributed by atoms with van der Waals surface area (Å²) in [7, 11) is 0. The third kappa shape index (κ3) is 2.96. The number of anilines is 1. The molecular formula is C14H19N3O3. The van der Waals surface area contributed by atoms with Crippen LogP contribution >= 0.6 is 0 Å². The number of aryl methyl sites for hydroxylation is 2. The molecule has 3 N–H and O–H groups in total. The lowest BCUT2D eigenvalue weighted by atomic mass is 9.75. The molecule has 0 saturated heterocycles. The lowest BCUT2D eigenvalue weighted by Crippen LogP contribution is -2.48. The first-order valence-electron chi connectivity index (χ1n) is 6.65. The SMILES string of the molecule is Cc1cc([N+](=O)[O-])c(C)cc1NC(=O)CC1(N)CCC1. The fourth-order valence-electron chi connectivity index (χ4n) is 2.45. The number of nitrogens with one attached hydrogen (secondary N) is 1. The molecule has 1 aromatic carbocycles. The van der Waals surface area contributed by atoms with Crippen molar-refractivity contribution < 1.29 is 9.72 Å². The van der Waals surface area contributed by atoms with Crippen LogP contribution in [0.3, 0.4) is 0 Å². The van der Waals surface area contributed by atoms with Crippen molar-refractivity contribution in [1.82, 2.24) is 0 Å². The first-order chi connectivity index (χ1) is 9.31. The third-order valence-corrected chi connectivity index (χ3v) is 3.88. The summed E-state index contributed by atoms with van der Waals surface area (Å²) in [4.78, 5) is 22.4. The molecule has 0 aromatic heterocycles. The molecular weight excluding hydrogens is 258 g/mol. The van der Waals surface area contributed by atoms with Crippen LogP contribution in [-0.4, -0.2) is 16.4 Å². The van der Waals surface area contributed by atoms with Crippen LogP contribution < -0.4 is 11.1 Å². The zero-order chi connectivity index (χ0) is 14.9. The normalized spacial score (nSPS) is 16.4. The van der Waals surface area contributed by atoms with E-state index in [1.807, 2.05) is 0 Å². The third-order valence-electron chi connectivity index (χ3n) is 3.88. The maximum atomic E-state index is 12.0. The topological polar surface area (TPSA) is 98.3 Å². The molecule has 1 amide bonds. The lowest BCUT2D eigenvalue weighted by molar-refractivity contribution is -0.385. The monoisotopic (exact) mass is 277 g/mol. The minimum Gasteiger partial charge on any atom is -0.326 e. The highest BCUT2D eigenvalue weighted by Gasteiger charge is 2.34. The van der Waals surface area contributed by atoms with Gasteiger partial charge < -0.3 is 11.1 Å². The first kappa shape index (κ1) is 14.5. The van der Waals surface area contributed by atoms with Crippen molar-refractivity contribution in [2.24, 2.45) is 5.73 Å². The van der Waals surface area contributed by atoms with Gasteiger partial charge in [-0.1, -0.05) is 0 Å². The molecule has 0 bridgehead atoms. The van der Waals surface area contributed by atoms with Gasteiger partial charge in [-0.05, 0) is 44.7 Å². The minimum absolute atomic E-state index is 0.0646. The van der Waals surface area contributed by atoms with Crippen LogP contribution in [-0.2, 0) is 4.79 Å². The van der Waals surface area contributed by atoms with Crippen molar-refractivity contribution in [2.75, 3.05) is 5.32 Å². The highest BCUT2D eigenvalue weighted by molar-refractivity contribution is 5.92. The second-order valence-corrected chi connectivity index (χ2v) is 5.65. The standard InChI is InChI=1S/C14H19N3O3/c1-9-7-12(17(19)20)10(2)6-11(9)16-13(18)8-14(15)4-3-5-14/h6-7H,3-5,8,15H2,1-2H3,(H,16,18). The molecule has 6 nitrogen and oxygen atoms in total. The fourth-order valence-corrected chi connectivity index (χ4v) is 2.45. The van der Waals surface area contributed by atoms with Gasteiger partial charge in [0.15, 0.2) is 0 Å². The van der Waals surface area contributed by atoms with Crippen molar-refractivity contribution in [2.45, 2.75) is 45.1 Å². The van der Waals surface area contributed by atoms with Crippen LogP contribution in [0.5, 0.6) is 0 Å². The van der Waals surface area contributed by atoms with Gasteiger partial charge in [-0.25, -0.2) is 0 Å². The zero-order valence-electron chi connectivity index (χ0n) is 11.7. The average molecular weight is 277 g/mol. The number of hydrogen-bond acceptors (Lipinski definition) is 4. The average Bonchev–Trinajstić information content (AvgIpc) is 2.31. The van der Waals surface area contributed by atoms with Gasteiger partial charge in [0.05, 0.1) is 4.92 Å². The largest absolute Gasteiger partial charge is 0.326 e. The molecule has 2 rings (SSSR count). The van der Waals surface area contributed by atoms with Gasteiger partial charge in [0, 0.05) is 29.3 Å². The molecule has 1 saturated carbocycles. The first-order valence-corrected chi connectivity index (χ1v) is 6.65. The van der Waals surface area contributed by atoms with Crippen LogP contribution in [0.2, 0.25) is 0 Å². The summed E-state index contributed by atoms with van der Waals surface area (Å²) in [6.07, 6.45) is 3.11. The van der Waals surface area contributed by atoms with Gasteiger partial charge in [0.25, 0.3) is 5.69 Å². The molecule has 0 aliphatic heterocycles. The zero-order valence-corrected chi connectivity index (χ0v) is 11.7. The molecule has 6 heteroatoms. The number of nitrogens with two attached hydrogens (primary N) is 1. The van der Waals surface area contributed by atoms with Gasteiger partial charge >= 0.3 is 0 Å². The van der Waals surface area contributed by atoms with E-state index in [1.165, 1.54) is 6.07 Å². The number of rotatable bonds is 4. The van der Waals surface area contributed by atoms with E-state index in [0.29, 0.717) is 23.2 Å². The number of hydrogen-bond donors (Lipinski definition) is 2. The molecule has 0 atom stereocenters. The van der Waals surface area contributed by atoms with Crippen molar-refractivity contribution in [1.29, 1.82) is 0 Å². The van der Waals surface area contributed by atoms with Crippen LogP contribution in [0.15, 0.2) is 12.1 Å². The summed E-state index contributed by atoms with van der Waals surface area (Å²) in [5.74, 6) is -0.136. The Morgan fingerprint density at radius 3 is 2.55 bits per heavy atom. The molecule has 1 aliphatic rings. The number of benzene rings is 1. The molecule has 0 radical (unpaired) electrons. The number of amides is 1. The van der Waals surface area contributed by atoms with E-state index in [4.69, 9.17) is 5.73 Å². The number of carbonyl (C=O) groups excluding carboxylic acids is 1. The summed E-state index contributed by atoms with van der Waals surface area (Å²) < 4.78 is 0. The smallest absolute Gasteiger partial charge is 0.272 e. The van der Waals surface area contributed by atoms with Gasteiger partial charge in [0.2, 0.25) is 5.91 Å². The van der Waals surface area contributed by atoms with Crippen LogP contribution in [0.4, 0.5) is 11.4 Å². The van der Waals surface area contributed by atoms with Crippen LogP contribution in [0, 0.1) is 24.0 Å². The Kier molecular flexibility index (Phi) is 3.76. The van der Waals surface area contributed by atoms with Crippen molar-refractivity contribution >= 4 is 17.3 Å². The second-order valence-electron chi connectivity index (χ2n) is 5.65. The van der Waals surface area contributed by atoms with Crippen LogP contribution in [0.1, 0.15) is 36.8 Å². The Morgan fingerprint density at radius 1 is 1.40 bits per heavy atom. The van der Waals surface area contributed by atoms with E-state index in [2.05, 4.69) is 5.32 Å². The van der Waals surface area contributed by atoms with Gasteiger partial charge in [-0.15, -0.1) is 0 Å². The van der Waals surface area contributed by atoms with E-state index >= 15 is 0 Å². The number of nitro groups is 1. The maximum absolute atomic E-state index is 12.0. The fraction of sp³-hybridized carbons (Fsp3) is 0.500. The Hall–Kier alpha value is -1.95. The minimum atomic E-state index is -0.419. The van der Waals surface area contributed by atoms with Crippen molar-refractivity contribution in [3.63, 3.8) is 0 Å². The molecule has 108 valence electrons. The summed E-state index contributed by atoms with van der Waals surface area (Å²) in [6, 6.07) is 3.11. The van der Waals surface area contributed by atoms with E-state index < -0.39 is 4.92 Å². The lowest BCUT2D eigenvalue weighted by Gasteiger charge is -2.37. The quantitative estimate of drug-likeness (QED) is 0.652. The summed E-state index contributed by atoms with van der Waals surface area (Å²) in [5.41, 5.74) is 7.55. The summed E-state index contributed by atoms with van der Waals surface area (Å²) >= 11 is 0. The van der Waals surface area contributed by atoms with Gasteiger partial charge in [0.1, 0.15) is 0 Å². The summed E-state index contributed by atoms with van der Waals surface area (Å²) in [6.45, 7) is 3.40. The Morgan fingerprint density at radius 2 is 2.05 bits per heavy atom. The Balaban J connectivity index is 2.11. The van der Waals surface area contributed by atoms with Crippen molar-refractivity contribution in [3.8, 4) is 0 Å². The molecule has 0 unspecified atom stereocenters. The Labute approximate surface area is 117 Å². The summed E-state index contributed by atoms with van der Waals surface area (Å²) in [5, 5.41) is 13.6. The molecule has 1 aliphatic carbocycles. The molecule has 1 fully saturated rings. The van der Waals surface area contributed by atoms with Gasteiger partial charge in [-0.2, -0.15) is 0 Å². The molecule has 20 heavy (non-hydrogen) atoms. The van der Waals surface area contributed by atoms with Crippen molar-refractivity contribution in [3.05, 3.63) is 33.4 Å². The molecule has 0 spiro atoms. The van der Waals surface area contributed by atoms with E-state index in [0.717, 1.165) is 19.3 Å². The number of carbonyl (C=O) groups is 1. The van der Waals surface area contributed by atoms with E-state index in [9.17, 15) is 14.9 Å². The predicted octanol–water partition coefficient (Wildman–Crippen LogP) is 2.42. The highest BCUT2D eigenvalue weighted by Crippen LogP contribution is 2.33. The predicted molar refractivity (Wildman–Crippen MR) is 76.6 cm³/mol. The highest BCUT2D eigenvalue weighted by atomic mass is 16.6. The number of nitro benzene ring substituents is 1. The maximum Gasteiger partial charge on any atom is 0.272 e.